The molecule has 0 nitrogen and oxygen atoms in total. The highest BCUT2D eigenvalue weighted by Crippen LogP contribution is 2.01. The van der Waals surface area contributed by atoms with Crippen molar-refractivity contribution in [1.82, 2.24) is 0 Å². The van der Waals surface area contributed by atoms with Crippen LogP contribution in [0.1, 0.15) is 26.2 Å². The molecule has 0 aliphatic carbocycles. The lowest BCUT2D eigenvalue weighted by Gasteiger charge is -1.95. The molecule has 0 rings (SSSR count). The summed E-state index contributed by atoms with van der Waals surface area (Å²) in [5.41, 5.74) is 0. The van der Waals surface area contributed by atoms with Crippen LogP contribution in [0.4, 0.5) is 4.39 Å². The zero-order chi connectivity index (χ0) is 6.41. The molecule has 1 unspecified atom stereocenters. The maximum absolute atomic E-state index is 12.1. The van der Waals surface area contributed by atoms with Gasteiger partial charge in [0, 0.05) is 0 Å². The Morgan fingerprint density at radius 3 is 2.75 bits per heavy atom. The molecule has 0 aromatic carbocycles. The third kappa shape index (κ3) is 4.19. The topological polar surface area (TPSA) is 0 Å². The Bertz CT molecular complexity index is 63.5. The molecule has 47 valence electrons. The molecular formula is C6H10FS. The molecule has 0 amide bonds. The Labute approximate surface area is 55.1 Å². The summed E-state index contributed by atoms with van der Waals surface area (Å²) in [7, 11) is 0. The molecule has 0 bridgehead atoms. The van der Waals surface area contributed by atoms with Crippen molar-refractivity contribution in [3.8, 4) is 0 Å². The SMILES string of the molecule is CCCCC(F)[C]=S. The summed E-state index contributed by atoms with van der Waals surface area (Å²) in [5, 5.41) is 2.12. The minimum Gasteiger partial charge on any atom is -0.241 e. The van der Waals surface area contributed by atoms with E-state index in [0.29, 0.717) is 6.42 Å². The highest BCUT2D eigenvalue weighted by Gasteiger charge is 1.98. The van der Waals surface area contributed by atoms with Crippen molar-refractivity contribution < 1.29 is 4.39 Å². The molecule has 0 aromatic heterocycles. The van der Waals surface area contributed by atoms with E-state index in [4.69, 9.17) is 0 Å². The zero-order valence-electron chi connectivity index (χ0n) is 4.98. The summed E-state index contributed by atoms with van der Waals surface area (Å²) in [6, 6.07) is 0. The molecule has 0 saturated carbocycles. The van der Waals surface area contributed by atoms with Gasteiger partial charge >= 0.3 is 0 Å². The molecule has 1 atom stereocenters. The number of unbranched alkanes of at least 4 members (excludes halogenated alkanes) is 1. The molecule has 0 heterocycles. The van der Waals surface area contributed by atoms with Gasteiger partial charge in [0.25, 0.3) is 0 Å². The van der Waals surface area contributed by atoms with E-state index in [-0.39, 0.29) is 0 Å². The second kappa shape index (κ2) is 5.16. The fourth-order valence-corrected chi connectivity index (χ4v) is 0.560. The smallest absolute Gasteiger partial charge is 0.136 e. The van der Waals surface area contributed by atoms with Crippen LogP contribution in [0.15, 0.2) is 0 Å². The molecule has 0 aliphatic rings. The first kappa shape index (κ1) is 8.02. The molecular weight excluding hydrogens is 123 g/mol. The Balaban J connectivity index is 2.98. The van der Waals surface area contributed by atoms with Crippen molar-refractivity contribution in [1.29, 1.82) is 0 Å². The van der Waals surface area contributed by atoms with Crippen molar-refractivity contribution in [2.75, 3.05) is 0 Å². The maximum Gasteiger partial charge on any atom is 0.136 e. The summed E-state index contributed by atoms with van der Waals surface area (Å²) in [6.45, 7) is 2.02. The molecule has 0 aromatic rings. The van der Waals surface area contributed by atoms with Gasteiger partial charge in [0.05, 0.1) is 5.37 Å². The van der Waals surface area contributed by atoms with Crippen molar-refractivity contribution in [2.45, 2.75) is 32.4 Å². The van der Waals surface area contributed by atoms with Gasteiger partial charge in [-0.25, -0.2) is 4.39 Å². The first-order chi connectivity index (χ1) is 3.81. The van der Waals surface area contributed by atoms with Crippen molar-refractivity contribution in [3.63, 3.8) is 0 Å². The lowest BCUT2D eigenvalue weighted by molar-refractivity contribution is 0.401. The molecule has 1 radical (unpaired) electrons. The van der Waals surface area contributed by atoms with Crippen molar-refractivity contribution >= 4 is 17.6 Å². The molecule has 0 N–H and O–H groups in total. The third-order valence-electron chi connectivity index (χ3n) is 0.939. The van der Waals surface area contributed by atoms with E-state index >= 15 is 0 Å². The maximum atomic E-state index is 12.1. The summed E-state index contributed by atoms with van der Waals surface area (Å²) < 4.78 is 12.1. The minimum atomic E-state index is -0.982. The number of thiocarbonyl (C=S) groups is 1. The Morgan fingerprint density at radius 1 is 1.75 bits per heavy atom. The van der Waals surface area contributed by atoms with E-state index in [1.807, 2.05) is 6.92 Å². The van der Waals surface area contributed by atoms with Crippen molar-refractivity contribution in [3.05, 3.63) is 0 Å². The van der Waals surface area contributed by atoms with E-state index in [9.17, 15) is 4.39 Å². The summed E-state index contributed by atoms with van der Waals surface area (Å²) in [6.07, 6.45) is 1.49. The monoisotopic (exact) mass is 133 g/mol. The quantitative estimate of drug-likeness (QED) is 0.531. The Hall–Kier alpha value is 0.0200. The second-order valence-corrected chi connectivity index (χ2v) is 1.96. The molecule has 8 heavy (non-hydrogen) atoms. The highest BCUT2D eigenvalue weighted by molar-refractivity contribution is 7.79. The first-order valence-corrected chi connectivity index (χ1v) is 3.23. The molecule has 0 spiro atoms. The number of hydrogen-bond acceptors (Lipinski definition) is 1. The van der Waals surface area contributed by atoms with Crippen LogP contribution in [0.2, 0.25) is 0 Å². The van der Waals surface area contributed by atoms with E-state index in [1.54, 1.807) is 0 Å². The van der Waals surface area contributed by atoms with Crippen LogP contribution in [0.3, 0.4) is 0 Å². The van der Waals surface area contributed by atoms with Crippen LogP contribution in [-0.4, -0.2) is 11.5 Å². The van der Waals surface area contributed by atoms with Crippen LogP contribution in [0.5, 0.6) is 0 Å². The largest absolute Gasteiger partial charge is 0.241 e. The second-order valence-electron chi connectivity index (χ2n) is 1.73. The van der Waals surface area contributed by atoms with Gasteiger partial charge in [-0.1, -0.05) is 32.0 Å². The van der Waals surface area contributed by atoms with Gasteiger partial charge in [-0.05, 0) is 6.42 Å². The number of halogens is 1. The normalized spacial score (nSPS) is 13.2. The van der Waals surface area contributed by atoms with Gasteiger partial charge in [0.15, 0.2) is 0 Å². The van der Waals surface area contributed by atoms with Gasteiger partial charge in [-0.15, -0.1) is 0 Å². The Kier molecular flexibility index (Phi) is 5.18. The molecule has 0 saturated heterocycles. The first-order valence-electron chi connectivity index (χ1n) is 2.83. The number of rotatable bonds is 4. The van der Waals surface area contributed by atoms with Crippen molar-refractivity contribution in [2.24, 2.45) is 0 Å². The van der Waals surface area contributed by atoms with E-state index in [2.05, 4.69) is 17.6 Å². The van der Waals surface area contributed by atoms with Crippen LogP contribution >= 0.6 is 12.2 Å². The summed E-state index contributed by atoms with van der Waals surface area (Å²) in [4.78, 5) is 0. The van der Waals surface area contributed by atoms with Gasteiger partial charge in [-0.2, -0.15) is 0 Å². The molecule has 0 fully saturated rings. The lowest BCUT2D eigenvalue weighted by Crippen LogP contribution is -1.97. The minimum absolute atomic E-state index is 0.542. The van der Waals surface area contributed by atoms with Crippen LogP contribution < -0.4 is 0 Å². The number of hydrogen-bond donors (Lipinski definition) is 0. The van der Waals surface area contributed by atoms with Gasteiger partial charge in [0.1, 0.15) is 6.17 Å². The van der Waals surface area contributed by atoms with Crippen LogP contribution in [0.25, 0.3) is 0 Å². The zero-order valence-corrected chi connectivity index (χ0v) is 5.80. The Morgan fingerprint density at radius 2 is 2.38 bits per heavy atom. The van der Waals surface area contributed by atoms with Gasteiger partial charge in [-0.3, -0.25) is 0 Å². The van der Waals surface area contributed by atoms with Crippen LogP contribution in [-0.2, 0) is 0 Å². The van der Waals surface area contributed by atoms with E-state index in [0.717, 1.165) is 12.8 Å². The molecule has 0 aliphatic heterocycles. The fourth-order valence-electron chi connectivity index (χ4n) is 0.442. The standard InChI is InChI=1S/C6H10FS/c1-2-3-4-6(7)5-8/h6H,2-4H2,1H3. The van der Waals surface area contributed by atoms with E-state index < -0.39 is 6.17 Å². The fraction of sp³-hybridized carbons (Fsp3) is 0.833. The van der Waals surface area contributed by atoms with Gasteiger partial charge in [0.2, 0.25) is 0 Å². The molecule has 2 heteroatoms. The highest BCUT2D eigenvalue weighted by atomic mass is 32.1. The third-order valence-corrected chi connectivity index (χ3v) is 1.19. The lowest BCUT2D eigenvalue weighted by atomic mass is 10.2. The predicted octanol–water partition coefficient (Wildman–Crippen LogP) is 2.39. The number of alkyl halides is 1. The average Bonchev–Trinajstić information content (AvgIpc) is 1.83. The summed E-state index contributed by atoms with van der Waals surface area (Å²) in [5.74, 6) is 0. The predicted molar refractivity (Wildman–Crippen MR) is 37.0 cm³/mol. The van der Waals surface area contributed by atoms with E-state index in [1.165, 1.54) is 0 Å². The van der Waals surface area contributed by atoms with Gasteiger partial charge < -0.3 is 0 Å². The summed E-state index contributed by atoms with van der Waals surface area (Å²) >= 11 is 4.26. The average molecular weight is 133 g/mol. The van der Waals surface area contributed by atoms with Crippen LogP contribution in [0, 0.1) is 0 Å².